The molecule has 0 radical (unpaired) electrons. The van der Waals surface area contributed by atoms with E-state index in [0.29, 0.717) is 0 Å². The number of carbonyl (C=O) groups excluding carboxylic acids is 1. The van der Waals surface area contributed by atoms with Crippen molar-refractivity contribution in [2.24, 2.45) is 0 Å². The Morgan fingerprint density at radius 2 is 2.00 bits per heavy atom. The molecular weight excluding hydrogens is 209 g/mol. The second-order valence-electron chi connectivity index (χ2n) is 3.50. The molecule has 0 amide bonds. The molecular formula is C9H11F3N2O. The van der Waals surface area contributed by atoms with Gasteiger partial charge in [0.1, 0.15) is 0 Å². The first-order valence-corrected chi connectivity index (χ1v) is 4.40. The van der Waals surface area contributed by atoms with Gasteiger partial charge in [0.05, 0.1) is 11.8 Å². The van der Waals surface area contributed by atoms with Gasteiger partial charge in [-0.05, 0) is 20.8 Å². The summed E-state index contributed by atoms with van der Waals surface area (Å²) in [6, 6.07) is -0.435. The molecule has 0 saturated heterocycles. The highest BCUT2D eigenvalue weighted by Gasteiger charge is 2.39. The third kappa shape index (κ3) is 2.19. The lowest BCUT2D eigenvalue weighted by molar-refractivity contribution is -0.145. The summed E-state index contributed by atoms with van der Waals surface area (Å²) in [4.78, 5) is 11.0. The fourth-order valence-electron chi connectivity index (χ4n) is 1.29. The van der Waals surface area contributed by atoms with E-state index in [1.807, 2.05) is 0 Å². The van der Waals surface area contributed by atoms with Gasteiger partial charge in [-0.25, -0.2) is 0 Å². The SMILES string of the molecule is CC(=O)c1cnn(C(C)C)c1C(F)(F)F. The lowest BCUT2D eigenvalue weighted by Gasteiger charge is -2.14. The topological polar surface area (TPSA) is 34.9 Å². The lowest BCUT2D eigenvalue weighted by Crippen LogP contribution is -2.19. The van der Waals surface area contributed by atoms with Crippen LogP contribution in [0.15, 0.2) is 6.20 Å². The van der Waals surface area contributed by atoms with Gasteiger partial charge in [-0.2, -0.15) is 18.3 Å². The summed E-state index contributed by atoms with van der Waals surface area (Å²) < 4.78 is 38.8. The third-order valence-electron chi connectivity index (χ3n) is 1.93. The first-order chi connectivity index (χ1) is 6.75. The van der Waals surface area contributed by atoms with Gasteiger partial charge in [-0.3, -0.25) is 9.48 Å². The van der Waals surface area contributed by atoms with Crippen LogP contribution in [0.1, 0.15) is 42.9 Å². The summed E-state index contributed by atoms with van der Waals surface area (Å²) in [6.45, 7) is 4.25. The molecule has 0 aromatic carbocycles. The van der Waals surface area contributed by atoms with Crippen LogP contribution in [0.3, 0.4) is 0 Å². The molecule has 1 aromatic heterocycles. The van der Waals surface area contributed by atoms with E-state index < -0.39 is 23.7 Å². The van der Waals surface area contributed by atoms with E-state index in [1.54, 1.807) is 13.8 Å². The van der Waals surface area contributed by atoms with E-state index in [4.69, 9.17) is 0 Å². The molecule has 1 heterocycles. The first-order valence-electron chi connectivity index (χ1n) is 4.40. The van der Waals surface area contributed by atoms with Crippen LogP contribution in [-0.4, -0.2) is 15.6 Å². The zero-order valence-corrected chi connectivity index (χ0v) is 8.59. The molecule has 3 nitrogen and oxygen atoms in total. The molecule has 1 aromatic rings. The van der Waals surface area contributed by atoms with Gasteiger partial charge in [0.25, 0.3) is 0 Å². The van der Waals surface area contributed by atoms with Crippen molar-refractivity contribution in [3.8, 4) is 0 Å². The molecule has 0 aliphatic heterocycles. The van der Waals surface area contributed by atoms with Crippen molar-refractivity contribution >= 4 is 5.78 Å². The number of hydrogen-bond acceptors (Lipinski definition) is 2. The Kier molecular flexibility index (Phi) is 2.88. The Balaban J connectivity index is 3.40. The Labute approximate surface area is 84.9 Å². The molecule has 0 N–H and O–H groups in total. The van der Waals surface area contributed by atoms with Gasteiger partial charge in [0, 0.05) is 6.04 Å². The highest BCUT2D eigenvalue weighted by Crippen LogP contribution is 2.33. The predicted molar refractivity (Wildman–Crippen MR) is 47.6 cm³/mol. The summed E-state index contributed by atoms with van der Waals surface area (Å²) in [5, 5.41) is 3.58. The molecule has 0 saturated carbocycles. The van der Waals surface area contributed by atoms with Crippen molar-refractivity contribution in [1.29, 1.82) is 0 Å². The minimum atomic E-state index is -4.55. The number of carbonyl (C=O) groups is 1. The monoisotopic (exact) mass is 220 g/mol. The highest BCUT2D eigenvalue weighted by molar-refractivity contribution is 5.95. The summed E-state index contributed by atoms with van der Waals surface area (Å²) in [5.41, 5.74) is -1.35. The number of alkyl halides is 3. The summed E-state index contributed by atoms with van der Waals surface area (Å²) >= 11 is 0. The van der Waals surface area contributed by atoms with Gasteiger partial charge >= 0.3 is 6.18 Å². The van der Waals surface area contributed by atoms with Crippen LogP contribution in [0.4, 0.5) is 13.2 Å². The Bertz CT molecular complexity index is 379. The van der Waals surface area contributed by atoms with Crippen molar-refractivity contribution in [2.75, 3.05) is 0 Å². The van der Waals surface area contributed by atoms with Crippen molar-refractivity contribution < 1.29 is 18.0 Å². The maximum atomic E-state index is 12.6. The van der Waals surface area contributed by atoms with Crippen molar-refractivity contribution in [1.82, 2.24) is 9.78 Å². The molecule has 1 rings (SSSR count). The fraction of sp³-hybridized carbons (Fsp3) is 0.556. The Morgan fingerprint density at radius 3 is 2.33 bits per heavy atom. The maximum Gasteiger partial charge on any atom is 0.433 e. The normalized spacial score (nSPS) is 12.2. The van der Waals surface area contributed by atoms with Gasteiger partial charge in [-0.1, -0.05) is 0 Å². The van der Waals surface area contributed by atoms with Gasteiger partial charge in [0.15, 0.2) is 11.5 Å². The van der Waals surface area contributed by atoms with Crippen LogP contribution in [0, 0.1) is 0 Å². The molecule has 0 atom stereocenters. The van der Waals surface area contributed by atoms with Crippen molar-refractivity contribution in [2.45, 2.75) is 33.0 Å². The minimum Gasteiger partial charge on any atom is -0.294 e. The van der Waals surface area contributed by atoms with Crippen molar-refractivity contribution in [3.63, 3.8) is 0 Å². The number of aromatic nitrogens is 2. The number of rotatable bonds is 2. The van der Waals surface area contributed by atoms with Gasteiger partial charge in [-0.15, -0.1) is 0 Å². The number of Topliss-reactive ketones (excluding diaryl/α,β-unsaturated/α-hetero) is 1. The average molecular weight is 220 g/mol. The largest absolute Gasteiger partial charge is 0.433 e. The van der Waals surface area contributed by atoms with E-state index in [0.717, 1.165) is 17.8 Å². The lowest BCUT2D eigenvalue weighted by atomic mass is 10.1. The van der Waals surface area contributed by atoms with E-state index in [-0.39, 0.29) is 5.56 Å². The van der Waals surface area contributed by atoms with Crippen LogP contribution in [-0.2, 0) is 6.18 Å². The molecule has 0 spiro atoms. The number of hydrogen-bond donors (Lipinski definition) is 0. The zero-order chi connectivity index (χ0) is 11.8. The molecule has 84 valence electrons. The standard InChI is InChI=1S/C9H11F3N2O/c1-5(2)14-8(9(10,11)12)7(4-13-14)6(3)15/h4-5H,1-3H3. The zero-order valence-electron chi connectivity index (χ0n) is 8.59. The third-order valence-corrected chi connectivity index (χ3v) is 1.93. The quantitative estimate of drug-likeness (QED) is 0.718. The Hall–Kier alpha value is -1.33. The molecule has 0 fully saturated rings. The highest BCUT2D eigenvalue weighted by atomic mass is 19.4. The van der Waals surface area contributed by atoms with Crippen molar-refractivity contribution in [3.05, 3.63) is 17.5 Å². The minimum absolute atomic E-state index is 0.379. The molecule has 0 unspecified atom stereocenters. The van der Waals surface area contributed by atoms with Crippen LogP contribution in [0.2, 0.25) is 0 Å². The molecule has 15 heavy (non-hydrogen) atoms. The molecule has 6 heteroatoms. The summed E-state index contributed by atoms with van der Waals surface area (Å²) in [5.74, 6) is -0.630. The first kappa shape index (κ1) is 11.7. The maximum absolute atomic E-state index is 12.6. The molecule has 0 aliphatic carbocycles. The fourth-order valence-corrected chi connectivity index (χ4v) is 1.29. The average Bonchev–Trinajstić information content (AvgIpc) is 2.45. The number of nitrogens with zero attached hydrogens (tertiary/aromatic N) is 2. The van der Waals surface area contributed by atoms with Gasteiger partial charge in [0.2, 0.25) is 0 Å². The molecule has 0 aliphatic rings. The van der Waals surface area contributed by atoms with Gasteiger partial charge < -0.3 is 0 Å². The number of halogens is 3. The molecule has 0 bridgehead atoms. The van der Waals surface area contributed by atoms with Crippen LogP contribution >= 0.6 is 0 Å². The second-order valence-corrected chi connectivity index (χ2v) is 3.50. The number of ketones is 1. The van der Waals surface area contributed by atoms with E-state index in [2.05, 4.69) is 5.10 Å². The van der Waals surface area contributed by atoms with Crippen LogP contribution in [0.25, 0.3) is 0 Å². The van der Waals surface area contributed by atoms with E-state index in [9.17, 15) is 18.0 Å². The Morgan fingerprint density at radius 1 is 1.47 bits per heavy atom. The smallest absolute Gasteiger partial charge is 0.294 e. The van der Waals surface area contributed by atoms with E-state index in [1.165, 1.54) is 0 Å². The van der Waals surface area contributed by atoms with Crippen LogP contribution < -0.4 is 0 Å². The predicted octanol–water partition coefficient (Wildman–Crippen LogP) is 2.69. The summed E-state index contributed by atoms with van der Waals surface area (Å²) in [7, 11) is 0. The summed E-state index contributed by atoms with van der Waals surface area (Å²) in [6.07, 6.45) is -3.59. The second kappa shape index (κ2) is 3.67. The van der Waals surface area contributed by atoms with Crippen LogP contribution in [0.5, 0.6) is 0 Å². The van der Waals surface area contributed by atoms with E-state index >= 15 is 0 Å².